The summed E-state index contributed by atoms with van der Waals surface area (Å²) in [4.78, 5) is 0. The minimum absolute atomic E-state index is 0.505. The van der Waals surface area contributed by atoms with Gasteiger partial charge in [-0.25, -0.2) is 4.57 Å². The highest BCUT2D eigenvalue weighted by Gasteiger charge is 2.24. The van der Waals surface area contributed by atoms with E-state index in [9.17, 15) is 0 Å². The van der Waals surface area contributed by atoms with Crippen LogP contribution in [0.15, 0.2) is 90.1 Å². The van der Waals surface area contributed by atoms with Crippen LogP contribution in [0.25, 0.3) is 22.8 Å². The van der Waals surface area contributed by atoms with E-state index in [-0.39, 0.29) is 0 Å². The molecule has 0 N–H and O–H groups in total. The van der Waals surface area contributed by atoms with E-state index in [1.54, 1.807) is 7.11 Å². The molecular formula is C21H17N3OS. The van der Waals surface area contributed by atoms with E-state index in [1.807, 2.05) is 94.2 Å². The summed E-state index contributed by atoms with van der Waals surface area (Å²) < 4.78 is 9.17. The Morgan fingerprint density at radius 3 is 2.08 bits per heavy atom. The third kappa shape index (κ3) is 2.93. The molecule has 1 heterocycles. The second kappa shape index (κ2) is 6.98. The number of hydrogen-bond donors (Lipinski definition) is 0. The largest absolute Gasteiger partial charge is 0.702 e. The standard InChI is InChI=1S/C21H17N3OS/c1-25-19-14-12-16(13-15-19)20-23(17-8-4-2-5-9-17)21(26)22-24(20)18-10-6-3-7-11-18/h2-15H,1H3/i22+1,23+1,24+1. The molecule has 0 unspecified atom stereocenters. The third-order valence-corrected chi connectivity index (χ3v) is 4.42. The van der Waals surface area contributed by atoms with Crippen LogP contribution in [0.3, 0.4) is 0 Å². The molecule has 4 nitrogen and oxygen atoms in total. The number of hydrogen-bond acceptors (Lipinski definition) is 3. The summed E-state index contributed by atoms with van der Waals surface area (Å²) in [5.41, 5.74) is 2.94. The molecule has 0 amide bonds. The number of methoxy groups -OCH3 is 1. The Morgan fingerprint density at radius 1 is 0.846 bits per heavy atom. The van der Waals surface area contributed by atoms with Crippen molar-refractivity contribution in [2.75, 3.05) is 7.11 Å². The topological polar surface area (TPSA) is 30.9 Å². The fraction of sp³-hybridized carbons (Fsp3) is 0.0476. The molecule has 0 aliphatic carbocycles. The van der Waals surface area contributed by atoms with Gasteiger partial charge >= 0.3 is 0 Å². The first-order valence-electron chi connectivity index (χ1n) is 8.25. The second-order valence-electron chi connectivity index (χ2n) is 5.75. The lowest BCUT2D eigenvalue weighted by atomic mass is 10.2. The average Bonchev–Trinajstić information content (AvgIpc) is 3.06. The zero-order chi connectivity index (χ0) is 17.9. The summed E-state index contributed by atoms with van der Waals surface area (Å²) in [5.74, 6) is 1.71. The van der Waals surface area contributed by atoms with Gasteiger partial charge in [0.15, 0.2) is 5.16 Å². The Bertz CT molecular complexity index is 1010. The molecule has 0 saturated heterocycles. The summed E-state index contributed by atoms with van der Waals surface area (Å²) in [6.07, 6.45) is 0. The molecule has 0 aliphatic heterocycles. The molecule has 26 heavy (non-hydrogen) atoms. The van der Waals surface area contributed by atoms with E-state index in [4.69, 9.17) is 17.4 Å². The summed E-state index contributed by atoms with van der Waals surface area (Å²) >= 11 is 5.60. The highest BCUT2D eigenvalue weighted by Crippen LogP contribution is 2.24. The van der Waals surface area contributed by atoms with Gasteiger partial charge in [-0.2, -0.15) is 0 Å². The zero-order valence-electron chi connectivity index (χ0n) is 14.2. The van der Waals surface area contributed by atoms with Crippen molar-refractivity contribution in [1.82, 2.24) is 9.78 Å². The monoisotopic (exact) mass is 362 g/mol. The molecule has 4 rings (SSSR count). The molecule has 3 aromatic carbocycles. The summed E-state index contributed by atoms with van der Waals surface area (Å²) in [6.45, 7) is 0. The molecule has 0 bridgehead atoms. The molecule has 0 saturated carbocycles. The van der Waals surface area contributed by atoms with E-state index in [0.717, 1.165) is 28.5 Å². The maximum absolute atomic E-state index is 5.60. The van der Waals surface area contributed by atoms with Gasteiger partial charge in [-0.05, 0) is 48.5 Å². The molecule has 128 valence electrons. The van der Waals surface area contributed by atoms with Crippen LogP contribution in [0.5, 0.6) is 5.75 Å². The number of ether oxygens (including phenoxy) is 1. The number of aromatic nitrogens is 3. The average molecular weight is 362 g/mol. The van der Waals surface area contributed by atoms with E-state index in [1.165, 1.54) is 0 Å². The van der Waals surface area contributed by atoms with Crippen molar-refractivity contribution in [3.05, 3.63) is 84.9 Å². The fourth-order valence-corrected chi connectivity index (χ4v) is 3.19. The van der Waals surface area contributed by atoms with Crippen LogP contribution in [-0.4, -0.2) is 16.9 Å². The van der Waals surface area contributed by atoms with Crippen molar-refractivity contribution in [2.45, 2.75) is 5.16 Å². The molecule has 4 aromatic rings. The number of rotatable bonds is 4. The van der Waals surface area contributed by atoms with Crippen molar-refractivity contribution in [2.24, 2.45) is 0 Å². The minimum Gasteiger partial charge on any atom is -0.702 e. The van der Waals surface area contributed by atoms with Crippen molar-refractivity contribution < 1.29 is 9.30 Å². The maximum Gasteiger partial charge on any atom is 0.277 e. The molecule has 0 spiro atoms. The van der Waals surface area contributed by atoms with Gasteiger partial charge < -0.3 is 17.4 Å². The van der Waals surface area contributed by atoms with Crippen LogP contribution >= 0.6 is 0 Å². The Balaban J connectivity index is 1.99. The molecule has 0 radical (unpaired) electrons. The highest BCUT2D eigenvalue weighted by atomic mass is 32.1. The van der Waals surface area contributed by atoms with Crippen LogP contribution < -0.4 is 9.30 Å². The van der Waals surface area contributed by atoms with E-state index < -0.39 is 0 Å². The molecular weight excluding hydrogens is 345 g/mol. The Labute approximate surface area is 157 Å². The molecule has 0 atom stereocenters. The van der Waals surface area contributed by atoms with Crippen molar-refractivity contribution in [1.29, 1.82) is 0 Å². The quantitative estimate of drug-likeness (QED) is 0.409. The smallest absolute Gasteiger partial charge is 0.277 e. The maximum atomic E-state index is 5.60. The number of para-hydroxylation sites is 2. The highest BCUT2D eigenvalue weighted by molar-refractivity contribution is 7.58. The van der Waals surface area contributed by atoms with Gasteiger partial charge in [0.05, 0.1) is 12.7 Å². The fourth-order valence-electron chi connectivity index (χ4n) is 2.91. The lowest BCUT2D eigenvalue weighted by Gasteiger charge is -2.08. The van der Waals surface area contributed by atoms with Crippen LogP contribution in [-0.2, 0) is 12.6 Å². The van der Waals surface area contributed by atoms with Gasteiger partial charge in [-0.15, -0.1) is 0 Å². The van der Waals surface area contributed by atoms with Gasteiger partial charge in [0.2, 0.25) is 0 Å². The predicted molar refractivity (Wildman–Crippen MR) is 103 cm³/mol. The van der Waals surface area contributed by atoms with Gasteiger partial charge in [0.25, 0.3) is 5.82 Å². The molecule has 0 aliphatic rings. The summed E-state index contributed by atoms with van der Waals surface area (Å²) in [7, 11) is 1.66. The lowest BCUT2D eigenvalue weighted by molar-refractivity contribution is -0.625. The summed E-state index contributed by atoms with van der Waals surface area (Å²) in [5, 5.41) is 5.14. The van der Waals surface area contributed by atoms with Crippen molar-refractivity contribution in [3.63, 3.8) is 0 Å². The van der Waals surface area contributed by atoms with E-state index in [2.05, 4.69) is 5.10 Å². The van der Waals surface area contributed by atoms with E-state index >= 15 is 0 Å². The second-order valence-corrected chi connectivity index (χ2v) is 6.12. The lowest BCUT2D eigenvalue weighted by Crippen LogP contribution is -2.34. The molecule has 5 heteroatoms. The third-order valence-electron chi connectivity index (χ3n) is 4.15. The minimum atomic E-state index is 0.505. The Hall–Kier alpha value is -3.18. The van der Waals surface area contributed by atoms with Crippen LogP contribution in [0.2, 0.25) is 0 Å². The van der Waals surface area contributed by atoms with Crippen LogP contribution in [0.4, 0.5) is 0 Å². The first-order valence-corrected chi connectivity index (χ1v) is 8.66. The van der Waals surface area contributed by atoms with E-state index in [0.29, 0.717) is 5.16 Å². The van der Waals surface area contributed by atoms with Crippen LogP contribution in [0.1, 0.15) is 0 Å². The SMILES string of the molecule is COc1ccc(-c2[15n](-c3ccccc3)[15n]c([S-])[15n+]2-c2ccccc2)cc1. The van der Waals surface area contributed by atoms with Gasteiger partial charge in [0.1, 0.15) is 17.1 Å². The first kappa shape index (κ1) is 16.3. The van der Waals surface area contributed by atoms with Crippen molar-refractivity contribution in [3.8, 4) is 28.5 Å². The predicted octanol–water partition coefficient (Wildman–Crippen LogP) is 3.73. The normalized spacial score (nSPS) is 10.7. The molecule has 1 aromatic heterocycles. The van der Waals surface area contributed by atoms with Crippen molar-refractivity contribution >= 4 is 12.6 Å². The van der Waals surface area contributed by atoms with Crippen LogP contribution in [0, 0.1) is 0 Å². The first-order chi connectivity index (χ1) is 12.8. The Morgan fingerprint density at radius 2 is 1.46 bits per heavy atom. The summed E-state index contributed by atoms with van der Waals surface area (Å²) in [6, 6.07) is 28.0. The van der Waals surface area contributed by atoms with Gasteiger partial charge in [-0.3, -0.25) is 0 Å². The number of nitrogens with zero attached hydrogens (tertiary/aromatic N) is 3. The Kier molecular flexibility index (Phi) is 4.37. The van der Waals surface area contributed by atoms with Gasteiger partial charge in [-0.1, -0.05) is 41.1 Å². The van der Waals surface area contributed by atoms with Gasteiger partial charge in [0, 0.05) is 5.10 Å². The number of benzene rings is 3. The zero-order valence-corrected chi connectivity index (χ0v) is 15.1. The molecule has 0 fully saturated rings.